The van der Waals surface area contributed by atoms with E-state index in [1.807, 2.05) is 66.7 Å². The van der Waals surface area contributed by atoms with Crippen molar-refractivity contribution in [1.29, 1.82) is 0 Å². The van der Waals surface area contributed by atoms with Crippen LogP contribution < -0.4 is 19.8 Å². The number of H-pyrrole nitrogens is 1. The van der Waals surface area contributed by atoms with E-state index in [1.54, 1.807) is 36.0 Å². The fourth-order valence-electron chi connectivity index (χ4n) is 8.65. The smallest absolute Gasteiger partial charge is 0.305 e. The summed E-state index contributed by atoms with van der Waals surface area (Å²) < 4.78 is 6.00. The highest BCUT2D eigenvalue weighted by molar-refractivity contribution is 8.00. The molecule has 0 spiro atoms. The Labute approximate surface area is 288 Å². The molecule has 2 bridgehead atoms. The zero-order valence-electron chi connectivity index (χ0n) is 25.3. The molecule has 2 saturated carbocycles. The molecular weight excluding hydrogens is 666 g/mol. The van der Waals surface area contributed by atoms with Crippen molar-refractivity contribution in [2.45, 2.75) is 22.6 Å². The number of hydrogen-bond acceptors (Lipinski definition) is 7. The SMILES string of the molecule is O=C(COc1cccc([C@H]2c3sc(=O)[nH]c3SC3C4CC(C5C(=O)N(c6ccc(Cl)cc6)C(=O)C45)C32)c1)Nc1ccc2ccccc2c1. The number of thioether (sulfide) groups is 1. The lowest BCUT2D eigenvalue weighted by atomic mass is 9.68. The van der Waals surface area contributed by atoms with E-state index in [0.717, 1.165) is 32.7 Å². The first kappa shape index (κ1) is 29.7. The summed E-state index contributed by atoms with van der Waals surface area (Å²) >= 11 is 8.96. The summed E-state index contributed by atoms with van der Waals surface area (Å²) in [7, 11) is 0. The number of halogens is 1. The number of ether oxygens (including phenoxy) is 1. The minimum absolute atomic E-state index is 0.0148. The lowest BCUT2D eigenvalue weighted by Crippen LogP contribution is -2.42. The summed E-state index contributed by atoms with van der Waals surface area (Å²) in [6.45, 7) is -0.169. The van der Waals surface area contributed by atoms with E-state index < -0.39 is 5.92 Å². The van der Waals surface area contributed by atoms with Gasteiger partial charge in [0.25, 0.3) is 5.91 Å². The zero-order chi connectivity index (χ0) is 32.7. The van der Waals surface area contributed by atoms with Crippen LogP contribution in [-0.2, 0) is 14.4 Å². The fourth-order valence-corrected chi connectivity index (χ4v) is 11.7. The van der Waals surface area contributed by atoms with Gasteiger partial charge in [-0.15, -0.1) is 11.8 Å². The molecule has 5 aromatic rings. The quantitative estimate of drug-likeness (QED) is 0.187. The number of carbonyl (C=O) groups is 3. The Balaban J connectivity index is 0.987. The number of imide groups is 1. The van der Waals surface area contributed by atoms with Gasteiger partial charge in [-0.25, -0.2) is 0 Å². The Kier molecular flexibility index (Phi) is 7.04. The van der Waals surface area contributed by atoms with Crippen molar-refractivity contribution in [3.63, 3.8) is 0 Å². The first-order chi connectivity index (χ1) is 23.3. The molecule has 3 amide bonds. The van der Waals surface area contributed by atoms with Crippen LogP contribution in [-0.4, -0.2) is 34.6 Å². The van der Waals surface area contributed by atoms with Crippen LogP contribution in [0.25, 0.3) is 10.8 Å². The summed E-state index contributed by atoms with van der Waals surface area (Å²) in [5.74, 6) is -0.912. The molecule has 2 N–H and O–H groups in total. The molecule has 1 aromatic heterocycles. The molecule has 1 saturated heterocycles. The van der Waals surface area contributed by atoms with Crippen molar-refractivity contribution < 1.29 is 19.1 Å². The maximum absolute atomic E-state index is 14.0. The number of aromatic nitrogens is 1. The van der Waals surface area contributed by atoms with Gasteiger partial charge in [0.1, 0.15) is 5.75 Å². The van der Waals surface area contributed by atoms with Crippen molar-refractivity contribution in [3.8, 4) is 5.75 Å². The zero-order valence-corrected chi connectivity index (χ0v) is 27.7. The van der Waals surface area contributed by atoms with Gasteiger partial charge < -0.3 is 15.0 Å². The predicted molar refractivity (Wildman–Crippen MR) is 187 cm³/mol. The number of fused-ring (bicyclic) bond motifs is 10. The maximum atomic E-state index is 14.0. The highest BCUT2D eigenvalue weighted by atomic mass is 35.5. The molecule has 6 unspecified atom stereocenters. The highest BCUT2D eigenvalue weighted by Gasteiger charge is 2.69. The summed E-state index contributed by atoms with van der Waals surface area (Å²) in [5.41, 5.74) is 2.21. The summed E-state index contributed by atoms with van der Waals surface area (Å²) in [4.78, 5) is 58.6. The van der Waals surface area contributed by atoms with Crippen LogP contribution in [0.5, 0.6) is 5.75 Å². The van der Waals surface area contributed by atoms with E-state index >= 15 is 0 Å². The van der Waals surface area contributed by atoms with E-state index in [4.69, 9.17) is 16.3 Å². The number of nitrogens with zero attached hydrogens (tertiary/aromatic N) is 1. The Morgan fingerprint density at radius 2 is 1.67 bits per heavy atom. The Morgan fingerprint density at radius 1 is 0.896 bits per heavy atom. The van der Waals surface area contributed by atoms with E-state index in [-0.39, 0.29) is 64.0 Å². The van der Waals surface area contributed by atoms with Crippen LogP contribution in [0.4, 0.5) is 11.4 Å². The Hall–Kier alpha value is -4.38. The second kappa shape index (κ2) is 11.4. The molecule has 3 heterocycles. The first-order valence-corrected chi connectivity index (χ1v) is 18.0. The van der Waals surface area contributed by atoms with Crippen LogP contribution in [0.1, 0.15) is 22.8 Å². The monoisotopic (exact) mass is 693 g/mol. The third kappa shape index (κ3) is 4.72. The number of hydrogen-bond donors (Lipinski definition) is 2. The van der Waals surface area contributed by atoms with Gasteiger partial charge in [-0.05, 0) is 89.0 Å². The van der Waals surface area contributed by atoms with Crippen LogP contribution in [0.2, 0.25) is 5.02 Å². The number of nitrogens with one attached hydrogen (secondary N) is 2. The summed E-state index contributed by atoms with van der Waals surface area (Å²) in [6, 6.07) is 28.3. The standard InChI is InChI=1S/C37H28ClN3O5S2/c38-21-9-12-23(13-10-21)41-35(43)30-25-16-26(31(30)36(41)44)32-29(25)28(33-34(47-32)40-37(45)48-33)20-6-3-7-24(15-20)46-17-27(42)39-22-11-8-18-4-1-2-5-19(18)14-22/h1-15,25-26,28-32H,16-17H2,(H,39,42)(H,40,45)/t25?,26?,28-,29?,30?,31?,32?/m1/s1. The van der Waals surface area contributed by atoms with E-state index in [0.29, 0.717) is 22.1 Å². The Morgan fingerprint density at radius 3 is 2.48 bits per heavy atom. The molecule has 3 fully saturated rings. The van der Waals surface area contributed by atoms with Crippen LogP contribution in [0.15, 0.2) is 101 Å². The molecule has 8 nitrogen and oxygen atoms in total. The number of thiazole rings is 1. The van der Waals surface area contributed by atoms with Gasteiger partial charge >= 0.3 is 4.87 Å². The normalized spacial score (nSPS) is 26.8. The fraction of sp³-hybridized carbons (Fsp3) is 0.243. The minimum atomic E-state index is -0.405. The molecule has 0 radical (unpaired) electrons. The molecule has 48 heavy (non-hydrogen) atoms. The highest BCUT2D eigenvalue weighted by Crippen LogP contribution is 2.68. The van der Waals surface area contributed by atoms with E-state index in [1.165, 1.54) is 16.2 Å². The van der Waals surface area contributed by atoms with Gasteiger partial charge in [0, 0.05) is 26.8 Å². The molecule has 7 atom stereocenters. The predicted octanol–water partition coefficient (Wildman–Crippen LogP) is 6.94. The minimum Gasteiger partial charge on any atom is -0.484 e. The van der Waals surface area contributed by atoms with Gasteiger partial charge in [0.05, 0.1) is 22.5 Å². The second-order valence-corrected chi connectivity index (χ2v) is 15.6. The van der Waals surface area contributed by atoms with Crippen LogP contribution in [0.3, 0.4) is 0 Å². The molecule has 4 aromatic carbocycles. The first-order valence-electron chi connectivity index (χ1n) is 15.9. The summed E-state index contributed by atoms with van der Waals surface area (Å²) in [5, 5.41) is 6.50. The molecular formula is C37H28ClN3O5S2. The molecule has 9 rings (SSSR count). The number of amides is 3. The maximum Gasteiger partial charge on any atom is 0.305 e. The average molecular weight is 694 g/mol. The van der Waals surface area contributed by atoms with Gasteiger partial charge in [-0.1, -0.05) is 65.4 Å². The Bertz CT molecular complexity index is 2200. The lowest BCUT2D eigenvalue weighted by Gasteiger charge is -2.43. The van der Waals surface area contributed by atoms with Crippen molar-refractivity contribution in [2.75, 3.05) is 16.8 Å². The number of aromatic amines is 1. The molecule has 2 aliphatic carbocycles. The molecule has 4 aliphatic rings. The van der Waals surface area contributed by atoms with Crippen molar-refractivity contribution in [1.82, 2.24) is 4.98 Å². The molecule has 2 aliphatic heterocycles. The van der Waals surface area contributed by atoms with Crippen LogP contribution in [0, 0.1) is 29.6 Å². The number of anilines is 2. The topological polar surface area (TPSA) is 109 Å². The largest absolute Gasteiger partial charge is 0.484 e. The third-order valence-electron chi connectivity index (χ3n) is 10.4. The average Bonchev–Trinajstić information content (AvgIpc) is 3.83. The van der Waals surface area contributed by atoms with Crippen molar-refractivity contribution in [2.24, 2.45) is 29.6 Å². The molecule has 240 valence electrons. The second-order valence-electron chi connectivity index (χ2n) is 12.9. The van der Waals surface area contributed by atoms with Crippen molar-refractivity contribution >= 4 is 74.6 Å². The number of rotatable bonds is 6. The van der Waals surface area contributed by atoms with Crippen LogP contribution >= 0.6 is 34.7 Å². The van der Waals surface area contributed by atoms with Gasteiger partial charge in [-0.2, -0.15) is 0 Å². The number of benzene rings is 4. The van der Waals surface area contributed by atoms with Gasteiger partial charge in [0.2, 0.25) is 11.8 Å². The van der Waals surface area contributed by atoms with E-state index in [2.05, 4.69) is 10.3 Å². The van der Waals surface area contributed by atoms with Gasteiger partial charge in [0.15, 0.2) is 6.61 Å². The summed E-state index contributed by atoms with van der Waals surface area (Å²) in [6.07, 6.45) is 0.796. The van der Waals surface area contributed by atoms with Crippen molar-refractivity contribution in [3.05, 3.63) is 116 Å². The number of carbonyl (C=O) groups excluding carboxylic acids is 3. The van der Waals surface area contributed by atoms with Gasteiger partial charge in [-0.3, -0.25) is 24.1 Å². The lowest BCUT2D eigenvalue weighted by molar-refractivity contribution is -0.123. The molecule has 11 heteroatoms. The third-order valence-corrected chi connectivity index (χ3v) is 13.3. The van der Waals surface area contributed by atoms with E-state index in [9.17, 15) is 19.2 Å².